The second-order valence-corrected chi connectivity index (χ2v) is 7.26. The van der Waals surface area contributed by atoms with Crippen LogP contribution in [-0.4, -0.2) is 37.1 Å². The molecule has 1 unspecified atom stereocenters. The zero-order chi connectivity index (χ0) is 20.0. The minimum atomic E-state index is -0.386. The number of aromatic amines is 2. The van der Waals surface area contributed by atoms with Crippen molar-refractivity contribution in [3.63, 3.8) is 0 Å². The summed E-state index contributed by atoms with van der Waals surface area (Å²) in [7, 11) is 0. The van der Waals surface area contributed by atoms with Gasteiger partial charge in [-0.25, -0.2) is 9.67 Å². The summed E-state index contributed by atoms with van der Waals surface area (Å²) in [5, 5.41) is 3.15. The van der Waals surface area contributed by atoms with Gasteiger partial charge in [0.05, 0.1) is 27.8 Å². The van der Waals surface area contributed by atoms with Gasteiger partial charge in [-0.3, -0.25) is 19.5 Å². The SMILES string of the molecule is O=C(Cn1[nH]c(=O)c2ccccc2c1=O)N1CCCC1c1nc2ccccc2[nH]1. The predicted molar refractivity (Wildman–Crippen MR) is 109 cm³/mol. The summed E-state index contributed by atoms with van der Waals surface area (Å²) in [5.74, 6) is 0.525. The second-order valence-electron chi connectivity index (χ2n) is 7.26. The zero-order valence-corrected chi connectivity index (χ0v) is 15.6. The number of nitrogens with one attached hydrogen (secondary N) is 2. The molecule has 8 nitrogen and oxygen atoms in total. The molecule has 1 saturated heterocycles. The summed E-state index contributed by atoms with van der Waals surface area (Å²) >= 11 is 0. The Balaban J connectivity index is 1.46. The molecule has 2 aromatic carbocycles. The number of hydrogen-bond acceptors (Lipinski definition) is 4. The van der Waals surface area contributed by atoms with E-state index >= 15 is 0 Å². The van der Waals surface area contributed by atoms with Crippen molar-refractivity contribution < 1.29 is 4.79 Å². The number of aromatic nitrogens is 4. The molecule has 2 aromatic heterocycles. The van der Waals surface area contributed by atoms with Crippen LogP contribution in [0.25, 0.3) is 21.8 Å². The number of nitrogens with zero attached hydrogens (tertiary/aromatic N) is 3. The third-order valence-electron chi connectivity index (χ3n) is 5.47. The fraction of sp³-hybridized carbons (Fsp3) is 0.238. The van der Waals surface area contributed by atoms with Gasteiger partial charge in [0.25, 0.3) is 11.1 Å². The van der Waals surface area contributed by atoms with Crippen LogP contribution in [0.5, 0.6) is 0 Å². The highest BCUT2D eigenvalue weighted by atomic mass is 16.2. The Morgan fingerprint density at radius 3 is 2.66 bits per heavy atom. The van der Waals surface area contributed by atoms with Crippen molar-refractivity contribution in [3.8, 4) is 0 Å². The normalized spacial score (nSPS) is 16.7. The van der Waals surface area contributed by atoms with Crippen LogP contribution in [0.15, 0.2) is 58.1 Å². The first-order valence-electron chi connectivity index (χ1n) is 9.58. The van der Waals surface area contributed by atoms with E-state index in [4.69, 9.17) is 0 Å². The van der Waals surface area contributed by atoms with Crippen LogP contribution in [0.4, 0.5) is 0 Å². The molecule has 0 radical (unpaired) electrons. The van der Waals surface area contributed by atoms with Crippen LogP contribution >= 0.6 is 0 Å². The van der Waals surface area contributed by atoms with Crippen molar-refractivity contribution >= 4 is 27.7 Å². The van der Waals surface area contributed by atoms with Gasteiger partial charge in [-0.2, -0.15) is 0 Å². The molecule has 3 heterocycles. The summed E-state index contributed by atoms with van der Waals surface area (Å²) in [4.78, 5) is 47.7. The summed E-state index contributed by atoms with van der Waals surface area (Å²) in [5.41, 5.74) is 1.02. The van der Waals surface area contributed by atoms with Crippen LogP contribution < -0.4 is 11.1 Å². The molecule has 0 spiro atoms. The number of benzene rings is 2. The van der Waals surface area contributed by atoms with Crippen LogP contribution in [0.3, 0.4) is 0 Å². The van der Waals surface area contributed by atoms with Gasteiger partial charge in [0.2, 0.25) is 5.91 Å². The lowest BCUT2D eigenvalue weighted by Crippen LogP contribution is -2.39. The Morgan fingerprint density at radius 1 is 1.07 bits per heavy atom. The number of hydrogen-bond donors (Lipinski definition) is 2. The van der Waals surface area contributed by atoms with Gasteiger partial charge in [0.1, 0.15) is 12.4 Å². The minimum absolute atomic E-state index is 0.169. The maximum Gasteiger partial charge on any atom is 0.273 e. The molecule has 2 N–H and O–H groups in total. The number of likely N-dealkylation sites (tertiary alicyclic amines) is 1. The summed E-state index contributed by atoms with van der Waals surface area (Å²) in [6.45, 7) is 0.378. The van der Waals surface area contributed by atoms with Gasteiger partial charge in [-0.15, -0.1) is 0 Å². The number of para-hydroxylation sites is 2. The molecule has 1 amide bonds. The highest BCUT2D eigenvalue weighted by molar-refractivity contribution is 5.81. The van der Waals surface area contributed by atoms with Gasteiger partial charge in [-0.05, 0) is 37.1 Å². The molecule has 146 valence electrons. The molecule has 29 heavy (non-hydrogen) atoms. The van der Waals surface area contributed by atoms with Crippen molar-refractivity contribution in [2.75, 3.05) is 6.54 Å². The van der Waals surface area contributed by atoms with Gasteiger partial charge < -0.3 is 9.88 Å². The van der Waals surface area contributed by atoms with E-state index in [2.05, 4.69) is 15.1 Å². The fourth-order valence-corrected chi connectivity index (χ4v) is 4.06. The van der Waals surface area contributed by atoms with E-state index in [1.807, 2.05) is 24.3 Å². The first-order valence-corrected chi connectivity index (χ1v) is 9.58. The number of imidazole rings is 1. The topological polar surface area (TPSA) is 104 Å². The number of H-pyrrole nitrogens is 2. The number of fused-ring (bicyclic) bond motifs is 2. The first-order chi connectivity index (χ1) is 14.1. The van der Waals surface area contributed by atoms with Crippen molar-refractivity contribution in [3.05, 3.63) is 75.1 Å². The van der Waals surface area contributed by atoms with Crippen molar-refractivity contribution in [2.45, 2.75) is 25.4 Å². The highest BCUT2D eigenvalue weighted by Gasteiger charge is 2.32. The molecule has 4 aromatic rings. The van der Waals surface area contributed by atoms with Crippen molar-refractivity contribution in [1.29, 1.82) is 0 Å². The third kappa shape index (κ3) is 2.93. The van der Waals surface area contributed by atoms with Gasteiger partial charge in [0.15, 0.2) is 0 Å². The van der Waals surface area contributed by atoms with E-state index in [-0.39, 0.29) is 29.6 Å². The first kappa shape index (κ1) is 17.4. The Kier molecular flexibility index (Phi) is 4.04. The number of carbonyl (C=O) groups is 1. The van der Waals surface area contributed by atoms with E-state index in [0.717, 1.165) is 34.4 Å². The van der Waals surface area contributed by atoms with Crippen molar-refractivity contribution in [1.82, 2.24) is 24.6 Å². The van der Waals surface area contributed by atoms with Crippen molar-refractivity contribution in [2.24, 2.45) is 0 Å². The van der Waals surface area contributed by atoms with E-state index < -0.39 is 0 Å². The number of carbonyl (C=O) groups excluding carboxylic acids is 1. The zero-order valence-electron chi connectivity index (χ0n) is 15.6. The van der Waals surface area contributed by atoms with E-state index in [1.165, 1.54) is 0 Å². The molecule has 1 fully saturated rings. The average molecular weight is 389 g/mol. The van der Waals surface area contributed by atoms with E-state index in [9.17, 15) is 14.4 Å². The van der Waals surface area contributed by atoms with Gasteiger partial charge >= 0.3 is 0 Å². The minimum Gasteiger partial charge on any atom is -0.340 e. The highest BCUT2D eigenvalue weighted by Crippen LogP contribution is 2.31. The lowest BCUT2D eigenvalue weighted by Gasteiger charge is -2.23. The van der Waals surface area contributed by atoms with E-state index in [0.29, 0.717) is 17.3 Å². The Morgan fingerprint density at radius 2 is 1.83 bits per heavy atom. The second kappa shape index (κ2) is 6.73. The van der Waals surface area contributed by atoms with Gasteiger partial charge in [0, 0.05) is 6.54 Å². The molecule has 0 bridgehead atoms. The number of amides is 1. The molecular weight excluding hydrogens is 370 g/mol. The quantitative estimate of drug-likeness (QED) is 0.559. The smallest absolute Gasteiger partial charge is 0.273 e. The standard InChI is InChI=1S/C21H19N5O3/c27-18(12-26-21(29)14-7-2-1-6-13(14)20(28)24-26)25-11-5-10-17(25)19-22-15-8-3-4-9-16(15)23-19/h1-4,6-9,17H,5,10-12H2,(H,22,23)(H,24,28). The molecular formula is C21H19N5O3. The summed E-state index contributed by atoms with van der Waals surface area (Å²) in [6.07, 6.45) is 1.66. The molecule has 0 saturated carbocycles. The average Bonchev–Trinajstić information content (AvgIpc) is 3.38. The van der Waals surface area contributed by atoms with Crippen LogP contribution in [0.1, 0.15) is 24.7 Å². The Bertz CT molecular complexity index is 1320. The van der Waals surface area contributed by atoms with Crippen LogP contribution in [0.2, 0.25) is 0 Å². The molecule has 0 aliphatic carbocycles. The van der Waals surface area contributed by atoms with E-state index in [1.54, 1.807) is 29.2 Å². The summed E-state index contributed by atoms with van der Waals surface area (Å²) < 4.78 is 1.10. The third-order valence-corrected chi connectivity index (χ3v) is 5.47. The monoisotopic (exact) mass is 389 g/mol. The largest absolute Gasteiger partial charge is 0.340 e. The lowest BCUT2D eigenvalue weighted by atomic mass is 10.2. The molecule has 5 rings (SSSR count). The molecule has 1 aliphatic heterocycles. The molecule has 8 heteroatoms. The Hall–Kier alpha value is -3.68. The van der Waals surface area contributed by atoms with Crippen LogP contribution in [-0.2, 0) is 11.3 Å². The predicted octanol–water partition coefficient (Wildman–Crippen LogP) is 1.93. The van der Waals surface area contributed by atoms with Gasteiger partial charge in [-0.1, -0.05) is 24.3 Å². The maximum absolute atomic E-state index is 13.0. The number of rotatable bonds is 3. The summed E-state index contributed by atoms with van der Waals surface area (Å²) in [6, 6.07) is 14.2. The molecule has 1 atom stereocenters. The fourth-order valence-electron chi connectivity index (χ4n) is 4.06. The Labute approximate surface area is 164 Å². The molecule has 1 aliphatic rings. The lowest BCUT2D eigenvalue weighted by molar-refractivity contribution is -0.133. The maximum atomic E-state index is 13.0. The van der Waals surface area contributed by atoms with Crippen LogP contribution in [0, 0.1) is 0 Å².